The summed E-state index contributed by atoms with van der Waals surface area (Å²) in [5.41, 5.74) is 9.28. The van der Waals surface area contributed by atoms with Crippen LogP contribution in [0.4, 0.5) is 17.1 Å². The van der Waals surface area contributed by atoms with Gasteiger partial charge in [-0.3, -0.25) is 0 Å². The second-order valence-corrected chi connectivity index (χ2v) is 12.7. The summed E-state index contributed by atoms with van der Waals surface area (Å²) in [4.78, 5) is 1.89. The molecule has 240 valence electrons. The van der Waals surface area contributed by atoms with E-state index in [1.165, 1.54) is 0 Å². The molecule has 9 aromatic rings. The van der Waals surface area contributed by atoms with Crippen LogP contribution in [0.5, 0.6) is 0 Å². The Morgan fingerprint density at radius 2 is 0.882 bits per heavy atom. The molecule has 0 radical (unpaired) electrons. The maximum atomic E-state index is 9.68. The standard InChI is InChI=1S/C50H35N/c1-2-11-36(12-3-1)42-17-8-18-43(33-42)38-25-29-46(30-26-38)51(47-31-27-40(28-32-47)50-22-10-16-39-14-6-7-21-49(39)50)48-20-9-19-44(35-48)45-24-23-37-13-4-5-15-41(37)34-45/h1-35H/i9D,19D,20D,35D. The lowest BCUT2D eigenvalue weighted by molar-refractivity contribution is 1.28. The van der Waals surface area contributed by atoms with E-state index >= 15 is 0 Å². The van der Waals surface area contributed by atoms with Crippen molar-refractivity contribution in [1.82, 2.24) is 0 Å². The quantitative estimate of drug-likeness (QED) is 0.165. The lowest BCUT2D eigenvalue weighted by Gasteiger charge is -2.26. The Balaban J connectivity index is 1.20. The molecule has 0 bridgehead atoms. The van der Waals surface area contributed by atoms with Crippen LogP contribution in [0.15, 0.2) is 212 Å². The number of nitrogens with zero attached hydrogens (tertiary/aromatic N) is 1. The second-order valence-electron chi connectivity index (χ2n) is 12.7. The van der Waals surface area contributed by atoms with Crippen LogP contribution < -0.4 is 4.90 Å². The van der Waals surface area contributed by atoms with Crippen molar-refractivity contribution in [2.75, 3.05) is 4.90 Å². The van der Waals surface area contributed by atoms with Gasteiger partial charge in [0.1, 0.15) is 0 Å². The molecule has 9 rings (SSSR count). The van der Waals surface area contributed by atoms with E-state index in [-0.39, 0.29) is 29.9 Å². The highest BCUT2D eigenvalue weighted by atomic mass is 15.1. The van der Waals surface area contributed by atoms with Crippen molar-refractivity contribution in [3.05, 3.63) is 212 Å². The van der Waals surface area contributed by atoms with Crippen molar-refractivity contribution < 1.29 is 5.48 Å². The first-order chi connectivity index (χ1) is 26.9. The minimum absolute atomic E-state index is 0.0269. The molecule has 0 amide bonds. The number of fused-ring (bicyclic) bond motifs is 2. The Bertz CT molecular complexity index is 2840. The molecule has 0 aliphatic heterocycles. The van der Waals surface area contributed by atoms with E-state index in [9.17, 15) is 2.74 Å². The first-order valence-electron chi connectivity index (χ1n) is 19.2. The first kappa shape index (κ1) is 26.2. The van der Waals surface area contributed by atoms with Crippen molar-refractivity contribution in [2.45, 2.75) is 0 Å². The molecule has 0 heterocycles. The smallest absolute Gasteiger partial charge is 0.0651 e. The summed E-state index contributed by atoms with van der Waals surface area (Å²) in [6, 6.07) is 63.1. The maximum absolute atomic E-state index is 9.68. The van der Waals surface area contributed by atoms with Gasteiger partial charge in [0.2, 0.25) is 0 Å². The molecule has 51 heavy (non-hydrogen) atoms. The molecule has 1 nitrogen and oxygen atoms in total. The Hall–Kier alpha value is -6.70. The predicted octanol–water partition coefficient (Wildman–Crippen LogP) is 14.1. The van der Waals surface area contributed by atoms with Gasteiger partial charge in [0.05, 0.1) is 5.48 Å². The Kier molecular flexibility index (Phi) is 6.84. The molecule has 0 unspecified atom stereocenters. The third-order valence-electron chi connectivity index (χ3n) is 9.53. The van der Waals surface area contributed by atoms with Crippen molar-refractivity contribution >= 4 is 38.6 Å². The van der Waals surface area contributed by atoms with Gasteiger partial charge in [-0.15, -0.1) is 0 Å². The lowest BCUT2D eigenvalue weighted by Crippen LogP contribution is -2.10. The molecule has 0 aliphatic carbocycles. The summed E-state index contributed by atoms with van der Waals surface area (Å²) in [7, 11) is 0. The molecule has 0 aromatic heterocycles. The predicted molar refractivity (Wildman–Crippen MR) is 218 cm³/mol. The van der Waals surface area contributed by atoms with Gasteiger partial charge in [-0.05, 0) is 115 Å². The zero-order valence-corrected chi connectivity index (χ0v) is 27.8. The highest BCUT2D eigenvalue weighted by Gasteiger charge is 2.15. The zero-order chi connectivity index (χ0) is 37.5. The van der Waals surface area contributed by atoms with Gasteiger partial charge in [0.25, 0.3) is 0 Å². The average Bonchev–Trinajstić information content (AvgIpc) is 3.25. The van der Waals surface area contributed by atoms with E-state index in [0.717, 1.165) is 66.3 Å². The third kappa shape index (κ3) is 6.07. The molecule has 0 spiro atoms. The van der Waals surface area contributed by atoms with Gasteiger partial charge in [-0.25, -0.2) is 0 Å². The van der Waals surface area contributed by atoms with Crippen LogP contribution in [0, 0.1) is 0 Å². The topological polar surface area (TPSA) is 3.24 Å². The summed E-state index contributed by atoms with van der Waals surface area (Å²) in [5, 5.41) is 4.36. The van der Waals surface area contributed by atoms with Gasteiger partial charge in [-0.1, -0.05) is 164 Å². The van der Waals surface area contributed by atoms with Crippen LogP contribution >= 0.6 is 0 Å². The SMILES string of the molecule is [2H]c1c([2H])c(-c2ccc3ccccc3c2)c([2H])c(N(c2ccc(-c3cccc(-c4ccccc4)c3)cc2)c2ccc(-c3cccc4ccccc34)cc2)c1[2H]. The summed E-state index contributed by atoms with van der Waals surface area (Å²) in [6.07, 6.45) is 0. The minimum Gasteiger partial charge on any atom is -0.310 e. The van der Waals surface area contributed by atoms with Gasteiger partial charge in [-0.2, -0.15) is 0 Å². The minimum atomic E-state index is -0.221. The average molecular weight is 654 g/mol. The summed E-state index contributed by atoms with van der Waals surface area (Å²) >= 11 is 0. The van der Waals surface area contributed by atoms with E-state index in [4.69, 9.17) is 2.74 Å². The van der Waals surface area contributed by atoms with E-state index in [0.29, 0.717) is 11.1 Å². The van der Waals surface area contributed by atoms with Crippen molar-refractivity contribution in [3.8, 4) is 44.5 Å². The van der Waals surface area contributed by atoms with Crippen LogP contribution in [-0.4, -0.2) is 0 Å². The molecule has 0 saturated carbocycles. The molecule has 0 aliphatic rings. The number of hydrogen-bond acceptors (Lipinski definition) is 1. The van der Waals surface area contributed by atoms with Crippen molar-refractivity contribution in [1.29, 1.82) is 0 Å². The molecule has 1 heteroatoms. The van der Waals surface area contributed by atoms with Crippen LogP contribution in [0.1, 0.15) is 5.48 Å². The summed E-state index contributed by atoms with van der Waals surface area (Å²) < 4.78 is 37.0. The third-order valence-corrected chi connectivity index (χ3v) is 9.53. The number of benzene rings is 9. The molecule has 0 atom stereocenters. The fourth-order valence-electron chi connectivity index (χ4n) is 6.92. The fraction of sp³-hybridized carbons (Fsp3) is 0. The van der Waals surface area contributed by atoms with Gasteiger partial charge in [0, 0.05) is 17.1 Å². The van der Waals surface area contributed by atoms with Crippen LogP contribution in [0.25, 0.3) is 66.1 Å². The van der Waals surface area contributed by atoms with Crippen molar-refractivity contribution in [2.24, 2.45) is 0 Å². The van der Waals surface area contributed by atoms with Crippen molar-refractivity contribution in [3.63, 3.8) is 0 Å². The fourth-order valence-corrected chi connectivity index (χ4v) is 6.92. The highest BCUT2D eigenvalue weighted by molar-refractivity contribution is 5.97. The van der Waals surface area contributed by atoms with Gasteiger partial charge >= 0.3 is 0 Å². The molecule has 0 saturated heterocycles. The van der Waals surface area contributed by atoms with E-state index in [1.54, 1.807) is 0 Å². The zero-order valence-electron chi connectivity index (χ0n) is 31.8. The van der Waals surface area contributed by atoms with E-state index in [2.05, 4.69) is 97.1 Å². The lowest BCUT2D eigenvalue weighted by atomic mass is 9.97. The Morgan fingerprint density at radius 1 is 0.333 bits per heavy atom. The molecular weight excluding hydrogens is 615 g/mol. The van der Waals surface area contributed by atoms with Crippen LogP contribution in [-0.2, 0) is 0 Å². The first-order valence-corrected chi connectivity index (χ1v) is 17.2. The van der Waals surface area contributed by atoms with E-state index in [1.807, 2.05) is 95.9 Å². The molecular formula is C50H35N. The number of hydrogen-bond donors (Lipinski definition) is 0. The molecule has 0 N–H and O–H groups in total. The normalized spacial score (nSPS) is 12.2. The van der Waals surface area contributed by atoms with Gasteiger partial charge in [0.15, 0.2) is 0 Å². The molecule has 9 aromatic carbocycles. The van der Waals surface area contributed by atoms with E-state index < -0.39 is 0 Å². The largest absolute Gasteiger partial charge is 0.310 e. The summed E-state index contributed by atoms with van der Waals surface area (Å²) in [5.74, 6) is 0. The highest BCUT2D eigenvalue weighted by Crippen LogP contribution is 2.39. The second kappa shape index (κ2) is 13.3. The monoisotopic (exact) mass is 653 g/mol. The van der Waals surface area contributed by atoms with Crippen LogP contribution in [0.2, 0.25) is 0 Å². The Labute approximate surface area is 305 Å². The summed E-state index contributed by atoms with van der Waals surface area (Å²) in [6.45, 7) is 0. The maximum Gasteiger partial charge on any atom is 0.0651 e. The Morgan fingerprint density at radius 3 is 1.65 bits per heavy atom. The number of anilines is 3. The van der Waals surface area contributed by atoms with Crippen LogP contribution in [0.3, 0.4) is 0 Å². The number of rotatable bonds is 7. The molecule has 0 fully saturated rings. The van der Waals surface area contributed by atoms with Gasteiger partial charge < -0.3 is 4.90 Å².